The molecule has 0 aliphatic heterocycles. The zero-order valence-electron chi connectivity index (χ0n) is 16.7. The van der Waals surface area contributed by atoms with Gasteiger partial charge in [-0.1, -0.05) is 25.7 Å². The fourth-order valence-corrected chi connectivity index (χ4v) is 2.01. The van der Waals surface area contributed by atoms with Crippen molar-refractivity contribution < 1.29 is 49.8 Å². The first-order chi connectivity index (χ1) is 14.1. The molecule has 0 fully saturated rings. The zero-order valence-corrected chi connectivity index (χ0v) is 16.7. The molecule has 0 bridgehead atoms. The number of aromatic carboxylic acids is 2. The molecule has 1 aromatic carbocycles. The van der Waals surface area contributed by atoms with Gasteiger partial charge in [-0.05, 0) is 37.1 Å². The Labute approximate surface area is 174 Å². The van der Waals surface area contributed by atoms with Crippen LogP contribution in [0.3, 0.4) is 0 Å². The Morgan fingerprint density at radius 3 is 1.00 bits per heavy atom. The molecule has 1 rings (SSSR count). The summed E-state index contributed by atoms with van der Waals surface area (Å²) >= 11 is 0. The number of hydrogen-bond acceptors (Lipinski definition) is 6. The highest BCUT2D eigenvalue weighted by Crippen LogP contribution is 2.08. The summed E-state index contributed by atoms with van der Waals surface area (Å²) < 4.78 is 0. The highest BCUT2D eigenvalue weighted by atomic mass is 16.4. The molecule has 6 N–H and O–H groups in total. The highest BCUT2D eigenvalue weighted by Gasteiger charge is 2.04. The molecular weight excluding hydrogens is 400 g/mol. The van der Waals surface area contributed by atoms with Gasteiger partial charge in [0.2, 0.25) is 0 Å². The summed E-state index contributed by atoms with van der Waals surface area (Å²) in [7, 11) is 0. The molecule has 0 radical (unpaired) electrons. The monoisotopic (exact) mass is 430 g/mol. The lowest BCUT2D eigenvalue weighted by Crippen LogP contribution is -1.99. The number of aliphatic hydroxyl groups excluding tert-OH is 2. The Morgan fingerprint density at radius 2 is 0.800 bits per heavy atom. The van der Waals surface area contributed by atoms with Gasteiger partial charge >= 0.3 is 23.9 Å². The maximum Gasteiger partial charge on any atom is 0.335 e. The Kier molecular flexibility index (Phi) is 18.8. The predicted octanol–water partition coefficient (Wildman–Crippen LogP) is 2.33. The number of carboxylic acid groups (broad SMARTS) is 4. The van der Waals surface area contributed by atoms with Crippen molar-refractivity contribution in [2.75, 3.05) is 13.2 Å². The maximum atomic E-state index is 10.3. The molecule has 0 saturated carbocycles. The number of aliphatic carboxylic acids is 2. The summed E-state index contributed by atoms with van der Waals surface area (Å²) in [5.41, 5.74) is 0.167. The average Bonchev–Trinajstić information content (AvgIpc) is 2.70. The van der Waals surface area contributed by atoms with Crippen LogP contribution in [0.15, 0.2) is 24.3 Å². The molecule has 170 valence electrons. The fourth-order valence-electron chi connectivity index (χ4n) is 2.01. The van der Waals surface area contributed by atoms with Crippen molar-refractivity contribution in [3.8, 4) is 0 Å². The van der Waals surface area contributed by atoms with E-state index in [1.165, 1.54) is 24.3 Å². The second kappa shape index (κ2) is 19.3. The van der Waals surface area contributed by atoms with Crippen LogP contribution in [0.25, 0.3) is 0 Å². The van der Waals surface area contributed by atoms with Gasteiger partial charge in [0.25, 0.3) is 0 Å². The van der Waals surface area contributed by atoms with E-state index in [4.69, 9.17) is 30.6 Å². The van der Waals surface area contributed by atoms with E-state index < -0.39 is 23.9 Å². The number of aliphatic hydroxyl groups is 2. The zero-order chi connectivity index (χ0) is 23.4. The maximum absolute atomic E-state index is 10.3. The van der Waals surface area contributed by atoms with Crippen LogP contribution in [0.2, 0.25) is 0 Å². The van der Waals surface area contributed by atoms with E-state index in [9.17, 15) is 19.2 Å². The van der Waals surface area contributed by atoms with E-state index in [0.29, 0.717) is 0 Å². The Bertz CT molecular complexity index is 570. The van der Waals surface area contributed by atoms with Crippen LogP contribution in [0, 0.1) is 0 Å². The van der Waals surface area contributed by atoms with Crippen LogP contribution in [0.1, 0.15) is 72.1 Å². The van der Waals surface area contributed by atoms with Gasteiger partial charge in [-0.3, -0.25) is 9.59 Å². The van der Waals surface area contributed by atoms with Gasteiger partial charge in [0.1, 0.15) is 0 Å². The molecule has 0 unspecified atom stereocenters. The van der Waals surface area contributed by atoms with Gasteiger partial charge in [-0.15, -0.1) is 0 Å². The van der Waals surface area contributed by atoms with Gasteiger partial charge < -0.3 is 30.6 Å². The first-order valence-electron chi connectivity index (χ1n) is 9.37. The molecule has 30 heavy (non-hydrogen) atoms. The molecule has 10 heteroatoms. The summed E-state index contributed by atoms with van der Waals surface area (Å²) in [5.74, 6) is -3.61. The van der Waals surface area contributed by atoms with Crippen molar-refractivity contribution in [2.24, 2.45) is 0 Å². The summed E-state index contributed by atoms with van der Waals surface area (Å²) in [6.45, 7) is -0.250. The fraction of sp³-hybridized carbons (Fsp3) is 0.500. The topological polar surface area (TPSA) is 190 Å². The van der Waals surface area contributed by atoms with Gasteiger partial charge in [0, 0.05) is 12.8 Å². The lowest BCUT2D eigenvalue weighted by molar-refractivity contribution is -0.138. The van der Waals surface area contributed by atoms with E-state index in [-0.39, 0.29) is 37.2 Å². The lowest BCUT2D eigenvalue weighted by Gasteiger charge is -1.98. The predicted molar refractivity (Wildman–Crippen MR) is 107 cm³/mol. The molecule has 1 aromatic rings. The van der Waals surface area contributed by atoms with E-state index in [2.05, 4.69) is 0 Å². The molecule has 0 atom stereocenters. The molecule has 0 saturated heterocycles. The first-order valence-corrected chi connectivity index (χ1v) is 9.37. The minimum atomic E-state index is -1.06. The van der Waals surface area contributed by atoms with Crippen molar-refractivity contribution in [1.82, 2.24) is 0 Å². The number of rotatable bonds is 12. The second-order valence-corrected chi connectivity index (χ2v) is 6.04. The smallest absolute Gasteiger partial charge is 0.335 e. The van der Waals surface area contributed by atoms with Crippen LogP contribution in [0.5, 0.6) is 0 Å². The third kappa shape index (κ3) is 19.8. The highest BCUT2D eigenvalue weighted by molar-refractivity contribution is 5.91. The minimum Gasteiger partial charge on any atom is -0.481 e. The van der Waals surface area contributed by atoms with Gasteiger partial charge in [-0.25, -0.2) is 9.59 Å². The molecular formula is C20H30O10. The number of unbranched alkanes of at least 4 members (excludes halogenated alkanes) is 5. The van der Waals surface area contributed by atoms with Crippen LogP contribution in [0.4, 0.5) is 0 Å². The number of hydrogen-bond donors (Lipinski definition) is 6. The van der Waals surface area contributed by atoms with Crippen LogP contribution < -0.4 is 0 Å². The van der Waals surface area contributed by atoms with Crippen LogP contribution >= 0.6 is 0 Å². The molecule has 0 spiro atoms. The van der Waals surface area contributed by atoms with Crippen molar-refractivity contribution in [1.29, 1.82) is 0 Å². The van der Waals surface area contributed by atoms with E-state index >= 15 is 0 Å². The normalized spacial score (nSPS) is 9.40. The molecule has 0 heterocycles. The van der Waals surface area contributed by atoms with Crippen LogP contribution in [-0.2, 0) is 9.59 Å². The number of carboxylic acids is 4. The number of carbonyl (C=O) groups is 4. The SMILES string of the molecule is O=C(O)CCCCCCCCC(=O)O.O=C(O)c1ccc(C(=O)O)cc1.OCCO. The van der Waals surface area contributed by atoms with Crippen molar-refractivity contribution in [3.63, 3.8) is 0 Å². The standard InChI is InChI=1S/C10H18O4.C8H6O4.C2H6O2/c11-9(12)7-5-3-1-2-4-6-8-10(13)14;9-7(10)5-1-2-6(4-3-5)8(11)12;3-1-2-4/h1-8H2,(H,11,12)(H,13,14);1-4H,(H,9,10)(H,11,12);3-4H,1-2H2. The minimum absolute atomic E-state index is 0.0833. The summed E-state index contributed by atoms with van der Waals surface area (Å²) in [6.07, 6.45) is 5.82. The lowest BCUT2D eigenvalue weighted by atomic mass is 10.1. The summed E-state index contributed by atoms with van der Waals surface area (Å²) in [6, 6.07) is 5.02. The van der Waals surface area contributed by atoms with Gasteiger partial charge in [0.05, 0.1) is 24.3 Å². The third-order valence-corrected chi connectivity index (χ3v) is 3.51. The molecule has 0 aliphatic rings. The van der Waals surface area contributed by atoms with Gasteiger partial charge in [-0.2, -0.15) is 0 Å². The van der Waals surface area contributed by atoms with E-state index in [1.807, 2.05) is 0 Å². The Morgan fingerprint density at radius 1 is 0.533 bits per heavy atom. The molecule has 0 aliphatic carbocycles. The molecule has 10 nitrogen and oxygen atoms in total. The third-order valence-electron chi connectivity index (χ3n) is 3.51. The first kappa shape index (κ1) is 29.2. The van der Waals surface area contributed by atoms with Crippen LogP contribution in [-0.4, -0.2) is 67.7 Å². The molecule has 0 aromatic heterocycles. The van der Waals surface area contributed by atoms with Crippen molar-refractivity contribution in [3.05, 3.63) is 35.4 Å². The number of benzene rings is 1. The summed E-state index contributed by atoms with van der Waals surface area (Å²) in [4.78, 5) is 41.0. The van der Waals surface area contributed by atoms with E-state index in [1.54, 1.807) is 0 Å². The molecule has 0 amide bonds. The van der Waals surface area contributed by atoms with E-state index in [0.717, 1.165) is 38.5 Å². The Balaban J connectivity index is 0. The summed E-state index contributed by atoms with van der Waals surface area (Å²) in [5, 5.41) is 48.9. The second-order valence-electron chi connectivity index (χ2n) is 6.04. The largest absolute Gasteiger partial charge is 0.481 e. The van der Waals surface area contributed by atoms with Crippen molar-refractivity contribution >= 4 is 23.9 Å². The quantitative estimate of drug-likeness (QED) is 0.268. The Hall–Kier alpha value is -2.98. The van der Waals surface area contributed by atoms with Crippen molar-refractivity contribution in [2.45, 2.75) is 51.4 Å². The van der Waals surface area contributed by atoms with Gasteiger partial charge in [0.15, 0.2) is 0 Å². The average molecular weight is 430 g/mol.